The maximum absolute atomic E-state index is 13.7. The topological polar surface area (TPSA) is 55.9 Å². The molecular formula is C14H19FN4. The van der Waals surface area contributed by atoms with Crippen molar-refractivity contribution in [2.45, 2.75) is 32.9 Å². The number of nitrogens with two attached hydrogens (primary N) is 1. The molecule has 1 atom stereocenters. The average Bonchev–Trinajstić information content (AvgIpc) is 2.83. The van der Waals surface area contributed by atoms with Gasteiger partial charge in [-0.05, 0) is 36.6 Å². The van der Waals surface area contributed by atoms with E-state index in [4.69, 9.17) is 5.84 Å². The Balaban J connectivity index is 2.38. The number of hydrazine groups is 1. The standard InChI is InChI=1S/C14H19FN4/c1-3-8-19-13(6-7-17-19)14(18-16)11-5-4-10(2)12(15)9-11/h4-7,9,14,18H,3,8,16H2,1-2H3. The molecule has 0 spiro atoms. The Morgan fingerprint density at radius 3 is 2.84 bits per heavy atom. The van der Waals surface area contributed by atoms with Crippen LogP contribution in [-0.4, -0.2) is 9.78 Å². The van der Waals surface area contributed by atoms with Crippen LogP contribution in [0.3, 0.4) is 0 Å². The monoisotopic (exact) mass is 262 g/mol. The molecule has 2 aromatic rings. The molecule has 1 unspecified atom stereocenters. The fourth-order valence-corrected chi connectivity index (χ4v) is 2.13. The van der Waals surface area contributed by atoms with Crippen LogP contribution >= 0.6 is 0 Å². The summed E-state index contributed by atoms with van der Waals surface area (Å²) in [6, 6.07) is 6.80. The van der Waals surface area contributed by atoms with Gasteiger partial charge in [-0.3, -0.25) is 10.5 Å². The molecule has 0 fully saturated rings. The Morgan fingerprint density at radius 1 is 1.42 bits per heavy atom. The van der Waals surface area contributed by atoms with Crippen LogP contribution in [0.1, 0.15) is 36.2 Å². The second kappa shape index (κ2) is 5.95. The van der Waals surface area contributed by atoms with Crippen molar-refractivity contribution < 1.29 is 4.39 Å². The zero-order chi connectivity index (χ0) is 13.8. The van der Waals surface area contributed by atoms with Crippen LogP contribution in [0.25, 0.3) is 0 Å². The first-order valence-corrected chi connectivity index (χ1v) is 6.41. The van der Waals surface area contributed by atoms with Gasteiger partial charge < -0.3 is 0 Å². The zero-order valence-corrected chi connectivity index (χ0v) is 11.2. The van der Waals surface area contributed by atoms with Gasteiger partial charge in [-0.1, -0.05) is 19.1 Å². The first-order valence-electron chi connectivity index (χ1n) is 6.41. The molecule has 2 rings (SSSR count). The van der Waals surface area contributed by atoms with E-state index in [0.717, 1.165) is 24.2 Å². The Morgan fingerprint density at radius 2 is 2.21 bits per heavy atom. The third-order valence-electron chi connectivity index (χ3n) is 3.18. The molecule has 0 aliphatic rings. The highest BCUT2D eigenvalue weighted by molar-refractivity contribution is 5.31. The molecule has 3 N–H and O–H groups in total. The number of hydrogen-bond acceptors (Lipinski definition) is 3. The number of benzene rings is 1. The quantitative estimate of drug-likeness (QED) is 0.642. The van der Waals surface area contributed by atoms with E-state index in [9.17, 15) is 4.39 Å². The summed E-state index contributed by atoms with van der Waals surface area (Å²) < 4.78 is 15.6. The molecule has 19 heavy (non-hydrogen) atoms. The Labute approximate surface area is 112 Å². The molecular weight excluding hydrogens is 243 g/mol. The van der Waals surface area contributed by atoms with Crippen molar-refractivity contribution >= 4 is 0 Å². The van der Waals surface area contributed by atoms with E-state index < -0.39 is 0 Å². The molecule has 102 valence electrons. The lowest BCUT2D eigenvalue weighted by molar-refractivity contribution is 0.518. The molecule has 0 aliphatic carbocycles. The third kappa shape index (κ3) is 2.83. The lowest BCUT2D eigenvalue weighted by Gasteiger charge is -2.18. The zero-order valence-electron chi connectivity index (χ0n) is 11.2. The van der Waals surface area contributed by atoms with Gasteiger partial charge in [-0.25, -0.2) is 9.82 Å². The van der Waals surface area contributed by atoms with Crippen LogP contribution in [0.2, 0.25) is 0 Å². The van der Waals surface area contributed by atoms with E-state index in [0.29, 0.717) is 5.56 Å². The minimum atomic E-state index is -0.260. The van der Waals surface area contributed by atoms with Crippen LogP contribution in [0.15, 0.2) is 30.5 Å². The van der Waals surface area contributed by atoms with Crippen LogP contribution < -0.4 is 11.3 Å². The van der Waals surface area contributed by atoms with Crippen LogP contribution in [0.5, 0.6) is 0 Å². The van der Waals surface area contributed by atoms with E-state index in [1.165, 1.54) is 6.07 Å². The highest BCUT2D eigenvalue weighted by Gasteiger charge is 2.17. The van der Waals surface area contributed by atoms with Crippen molar-refractivity contribution in [3.63, 3.8) is 0 Å². The summed E-state index contributed by atoms with van der Waals surface area (Å²) in [7, 11) is 0. The predicted molar refractivity (Wildman–Crippen MR) is 72.8 cm³/mol. The first kappa shape index (κ1) is 13.7. The lowest BCUT2D eigenvalue weighted by Crippen LogP contribution is -2.30. The summed E-state index contributed by atoms with van der Waals surface area (Å²) in [5, 5.41) is 4.27. The van der Waals surface area contributed by atoms with Crippen molar-refractivity contribution in [1.82, 2.24) is 15.2 Å². The summed E-state index contributed by atoms with van der Waals surface area (Å²) in [4.78, 5) is 0. The summed E-state index contributed by atoms with van der Waals surface area (Å²) in [5.74, 6) is 5.41. The molecule has 1 aromatic heterocycles. The summed E-state index contributed by atoms with van der Waals surface area (Å²) in [6.07, 6.45) is 2.72. The third-order valence-corrected chi connectivity index (χ3v) is 3.18. The van der Waals surface area contributed by atoms with Crippen LogP contribution in [0, 0.1) is 12.7 Å². The number of nitrogens with zero attached hydrogens (tertiary/aromatic N) is 2. The van der Waals surface area contributed by atoms with E-state index in [1.807, 2.05) is 16.8 Å². The fraction of sp³-hybridized carbons (Fsp3) is 0.357. The van der Waals surface area contributed by atoms with Crippen molar-refractivity contribution in [3.8, 4) is 0 Å². The Hall–Kier alpha value is -1.72. The van der Waals surface area contributed by atoms with Crippen molar-refractivity contribution in [2.24, 2.45) is 5.84 Å². The molecule has 1 heterocycles. The highest BCUT2D eigenvalue weighted by atomic mass is 19.1. The maximum atomic E-state index is 13.7. The highest BCUT2D eigenvalue weighted by Crippen LogP contribution is 2.23. The molecule has 1 aromatic carbocycles. The second-order valence-electron chi connectivity index (χ2n) is 4.59. The van der Waals surface area contributed by atoms with E-state index >= 15 is 0 Å². The Kier molecular flexibility index (Phi) is 4.29. The molecule has 0 aliphatic heterocycles. The number of rotatable bonds is 5. The largest absolute Gasteiger partial charge is 0.271 e. The summed E-state index contributed by atoms with van der Waals surface area (Å²) in [6.45, 7) is 4.64. The van der Waals surface area contributed by atoms with Crippen LogP contribution in [0.4, 0.5) is 4.39 Å². The molecule has 0 saturated heterocycles. The number of nitrogens with one attached hydrogen (secondary N) is 1. The molecule has 0 bridgehead atoms. The van der Waals surface area contributed by atoms with Crippen molar-refractivity contribution in [2.75, 3.05) is 0 Å². The van der Waals surface area contributed by atoms with Gasteiger partial charge >= 0.3 is 0 Å². The molecule has 0 saturated carbocycles. The van der Waals surface area contributed by atoms with Gasteiger partial charge in [0.25, 0.3) is 0 Å². The van der Waals surface area contributed by atoms with Gasteiger partial charge in [0.1, 0.15) is 5.82 Å². The maximum Gasteiger partial charge on any atom is 0.126 e. The second-order valence-corrected chi connectivity index (χ2v) is 4.59. The van der Waals surface area contributed by atoms with E-state index in [-0.39, 0.29) is 11.9 Å². The number of aromatic nitrogens is 2. The van der Waals surface area contributed by atoms with Crippen molar-refractivity contribution in [3.05, 3.63) is 53.1 Å². The summed E-state index contributed by atoms with van der Waals surface area (Å²) in [5.41, 5.74) is 5.10. The Bertz CT molecular complexity index is 550. The fourth-order valence-electron chi connectivity index (χ4n) is 2.13. The van der Waals surface area contributed by atoms with Crippen LogP contribution in [-0.2, 0) is 6.54 Å². The predicted octanol–water partition coefficient (Wildman–Crippen LogP) is 2.29. The van der Waals surface area contributed by atoms with E-state index in [1.54, 1.807) is 19.2 Å². The molecule has 5 heteroatoms. The van der Waals surface area contributed by atoms with Gasteiger partial charge in [0.15, 0.2) is 0 Å². The number of halogens is 1. The molecule has 4 nitrogen and oxygen atoms in total. The van der Waals surface area contributed by atoms with Gasteiger partial charge in [-0.2, -0.15) is 5.10 Å². The number of hydrogen-bond donors (Lipinski definition) is 2. The minimum Gasteiger partial charge on any atom is -0.271 e. The SMILES string of the molecule is CCCn1nccc1C(NN)c1ccc(C)c(F)c1. The van der Waals surface area contributed by atoms with E-state index in [2.05, 4.69) is 17.4 Å². The first-order chi connectivity index (χ1) is 9.17. The lowest BCUT2D eigenvalue weighted by atomic mass is 10.0. The average molecular weight is 262 g/mol. The number of aryl methyl sites for hydroxylation is 2. The van der Waals surface area contributed by atoms with Gasteiger partial charge in [-0.15, -0.1) is 0 Å². The summed E-state index contributed by atoms with van der Waals surface area (Å²) >= 11 is 0. The normalized spacial score (nSPS) is 12.6. The van der Waals surface area contributed by atoms with Gasteiger partial charge in [0.05, 0.1) is 11.7 Å². The molecule has 0 radical (unpaired) electrons. The van der Waals surface area contributed by atoms with Gasteiger partial charge in [0.2, 0.25) is 0 Å². The van der Waals surface area contributed by atoms with Gasteiger partial charge in [0, 0.05) is 12.7 Å². The molecule has 0 amide bonds. The smallest absolute Gasteiger partial charge is 0.126 e. The van der Waals surface area contributed by atoms with Crippen molar-refractivity contribution in [1.29, 1.82) is 0 Å². The minimum absolute atomic E-state index is 0.223.